The summed E-state index contributed by atoms with van der Waals surface area (Å²) in [6.45, 7) is 4.75. The molecule has 1 atom stereocenters. The summed E-state index contributed by atoms with van der Waals surface area (Å²) in [5, 5.41) is 5.11. The molecule has 1 amide bonds. The van der Waals surface area contributed by atoms with E-state index in [1.54, 1.807) is 11.9 Å². The van der Waals surface area contributed by atoms with Crippen LogP contribution in [0.1, 0.15) is 81.1 Å². The highest BCUT2D eigenvalue weighted by molar-refractivity contribution is 7.19. The van der Waals surface area contributed by atoms with E-state index in [-0.39, 0.29) is 0 Å². The first-order chi connectivity index (χ1) is 15.6. The van der Waals surface area contributed by atoms with Crippen LogP contribution in [-0.2, 0) is 11.2 Å². The molecule has 2 fully saturated rings. The molecule has 3 heterocycles. The minimum Gasteiger partial charge on any atom is -0.367 e. The van der Waals surface area contributed by atoms with E-state index in [2.05, 4.69) is 29.2 Å². The number of nitrogens with zero attached hydrogens (tertiary/aromatic N) is 4. The Hall–Kier alpha value is -1.73. The molecule has 1 aliphatic heterocycles. The molecule has 32 heavy (non-hydrogen) atoms. The maximum absolute atomic E-state index is 12.5. The van der Waals surface area contributed by atoms with E-state index in [1.165, 1.54) is 35.9 Å². The van der Waals surface area contributed by atoms with Gasteiger partial charge in [-0.15, -0.1) is 11.3 Å². The standard InChI is InChI=1S/C25H37N5OS/c1-3-6-17-7-12-20-22(17)23-24(26-16-27-25(23)32-20)28-18-8-10-19(11-9-18)29(2)15-21(31)30-13-4-5-14-30/h16-19H,3-15H2,1-2H3,(H,26,27,28)/t17-,18-,19-/m0/s1. The molecule has 1 N–H and O–H groups in total. The van der Waals surface area contributed by atoms with Gasteiger partial charge in [-0.05, 0) is 76.3 Å². The van der Waals surface area contributed by atoms with Crippen LogP contribution in [0, 0.1) is 0 Å². The van der Waals surface area contributed by atoms with Crippen molar-refractivity contribution < 1.29 is 4.79 Å². The zero-order valence-corrected chi connectivity index (χ0v) is 20.4. The number of thiophene rings is 1. The van der Waals surface area contributed by atoms with Crippen molar-refractivity contribution in [3.05, 3.63) is 16.8 Å². The van der Waals surface area contributed by atoms with Crippen molar-refractivity contribution in [2.24, 2.45) is 0 Å². The Labute approximate surface area is 195 Å². The number of likely N-dealkylation sites (N-methyl/N-ethyl adjacent to an activating group) is 1. The minimum absolute atomic E-state index is 0.307. The van der Waals surface area contributed by atoms with E-state index in [1.807, 2.05) is 16.2 Å². The highest BCUT2D eigenvalue weighted by atomic mass is 32.1. The van der Waals surface area contributed by atoms with E-state index < -0.39 is 0 Å². The van der Waals surface area contributed by atoms with Gasteiger partial charge in [0.1, 0.15) is 17.0 Å². The fourth-order valence-electron chi connectivity index (χ4n) is 6.08. The zero-order valence-electron chi connectivity index (χ0n) is 19.6. The Morgan fingerprint density at radius 1 is 1.19 bits per heavy atom. The summed E-state index contributed by atoms with van der Waals surface area (Å²) in [7, 11) is 2.13. The number of fused-ring (bicyclic) bond motifs is 3. The van der Waals surface area contributed by atoms with Gasteiger partial charge >= 0.3 is 0 Å². The number of hydrogen-bond donors (Lipinski definition) is 1. The number of carbonyl (C=O) groups excluding carboxylic acids is 1. The van der Waals surface area contributed by atoms with Gasteiger partial charge in [-0.3, -0.25) is 9.69 Å². The van der Waals surface area contributed by atoms with Crippen LogP contribution in [-0.4, -0.2) is 64.4 Å². The predicted molar refractivity (Wildman–Crippen MR) is 131 cm³/mol. The summed E-state index contributed by atoms with van der Waals surface area (Å²) in [6, 6.07) is 0.956. The van der Waals surface area contributed by atoms with Gasteiger partial charge in [0.2, 0.25) is 5.91 Å². The second-order valence-corrected chi connectivity index (χ2v) is 11.1. The average molecular weight is 456 g/mol. The van der Waals surface area contributed by atoms with Crippen LogP contribution in [0.3, 0.4) is 0 Å². The lowest BCUT2D eigenvalue weighted by Gasteiger charge is -2.35. The van der Waals surface area contributed by atoms with Crippen LogP contribution < -0.4 is 5.32 Å². The highest BCUT2D eigenvalue weighted by Crippen LogP contribution is 2.47. The Kier molecular flexibility index (Phi) is 6.65. The topological polar surface area (TPSA) is 61.4 Å². The molecule has 2 aliphatic carbocycles. The molecule has 6 nitrogen and oxygen atoms in total. The second-order valence-electron chi connectivity index (χ2n) is 10.0. The van der Waals surface area contributed by atoms with E-state index in [9.17, 15) is 4.79 Å². The Morgan fingerprint density at radius 2 is 1.97 bits per heavy atom. The number of carbonyl (C=O) groups is 1. The summed E-state index contributed by atoms with van der Waals surface area (Å²) in [5.41, 5.74) is 1.55. The highest BCUT2D eigenvalue weighted by Gasteiger charge is 2.31. The van der Waals surface area contributed by atoms with Gasteiger partial charge in [-0.1, -0.05) is 13.3 Å². The fourth-order valence-corrected chi connectivity index (χ4v) is 7.32. The SMILES string of the molecule is CCC[C@H]1CCc2sc3ncnc(N[C@H]4CC[C@H](N(C)CC(=O)N5CCCC5)CC4)c3c21. The van der Waals surface area contributed by atoms with Crippen molar-refractivity contribution in [1.29, 1.82) is 0 Å². The number of likely N-dealkylation sites (tertiary alicyclic amines) is 1. The van der Waals surface area contributed by atoms with Crippen molar-refractivity contribution in [2.75, 3.05) is 32.0 Å². The summed E-state index contributed by atoms with van der Waals surface area (Å²) < 4.78 is 0. The molecule has 2 aromatic rings. The third-order valence-electron chi connectivity index (χ3n) is 7.87. The first kappa shape index (κ1) is 22.1. The van der Waals surface area contributed by atoms with Gasteiger partial charge in [0.05, 0.1) is 11.9 Å². The van der Waals surface area contributed by atoms with Crippen LogP contribution in [0.15, 0.2) is 6.33 Å². The molecule has 0 spiro atoms. The molecule has 0 radical (unpaired) electrons. The van der Waals surface area contributed by atoms with Crippen molar-refractivity contribution in [3.63, 3.8) is 0 Å². The number of anilines is 1. The summed E-state index contributed by atoms with van der Waals surface area (Å²) >= 11 is 1.88. The maximum Gasteiger partial charge on any atom is 0.236 e. The Morgan fingerprint density at radius 3 is 2.72 bits per heavy atom. The van der Waals surface area contributed by atoms with E-state index in [4.69, 9.17) is 4.98 Å². The molecular formula is C25H37N5OS. The smallest absolute Gasteiger partial charge is 0.236 e. The molecule has 0 bridgehead atoms. The van der Waals surface area contributed by atoms with Gasteiger partial charge in [0, 0.05) is 30.1 Å². The fraction of sp³-hybridized carbons (Fsp3) is 0.720. The number of aromatic nitrogens is 2. The lowest BCUT2D eigenvalue weighted by atomic mass is 9.90. The largest absolute Gasteiger partial charge is 0.367 e. The maximum atomic E-state index is 12.5. The number of nitrogens with one attached hydrogen (secondary N) is 1. The molecular weight excluding hydrogens is 418 g/mol. The van der Waals surface area contributed by atoms with Gasteiger partial charge in [0.15, 0.2) is 0 Å². The van der Waals surface area contributed by atoms with Crippen molar-refractivity contribution in [2.45, 2.75) is 89.1 Å². The second kappa shape index (κ2) is 9.64. The molecule has 1 saturated carbocycles. The van der Waals surface area contributed by atoms with Crippen LogP contribution >= 0.6 is 11.3 Å². The summed E-state index contributed by atoms with van der Waals surface area (Å²) in [5.74, 6) is 2.03. The van der Waals surface area contributed by atoms with Crippen LogP contribution in [0.4, 0.5) is 5.82 Å². The monoisotopic (exact) mass is 455 g/mol. The van der Waals surface area contributed by atoms with Gasteiger partial charge in [-0.2, -0.15) is 0 Å². The van der Waals surface area contributed by atoms with E-state index in [0.717, 1.165) is 62.3 Å². The minimum atomic E-state index is 0.307. The van der Waals surface area contributed by atoms with Crippen molar-refractivity contribution in [1.82, 2.24) is 19.8 Å². The number of aryl methyl sites for hydroxylation is 1. The molecule has 7 heteroatoms. The molecule has 1 saturated heterocycles. The lowest BCUT2D eigenvalue weighted by molar-refractivity contribution is -0.131. The normalized spacial score (nSPS) is 25.6. The summed E-state index contributed by atoms with van der Waals surface area (Å²) in [6.07, 6.45) is 13.6. The molecule has 0 aromatic carbocycles. The predicted octanol–water partition coefficient (Wildman–Crippen LogP) is 4.80. The van der Waals surface area contributed by atoms with Gasteiger partial charge in [0.25, 0.3) is 0 Å². The third-order valence-corrected chi connectivity index (χ3v) is 9.05. The quantitative estimate of drug-likeness (QED) is 0.650. The Balaban J connectivity index is 1.21. The average Bonchev–Trinajstić information content (AvgIpc) is 3.53. The summed E-state index contributed by atoms with van der Waals surface area (Å²) in [4.78, 5) is 28.9. The number of amides is 1. The van der Waals surface area contributed by atoms with Crippen molar-refractivity contribution >= 4 is 33.3 Å². The van der Waals surface area contributed by atoms with Gasteiger partial charge in [-0.25, -0.2) is 9.97 Å². The van der Waals surface area contributed by atoms with Crippen molar-refractivity contribution in [3.8, 4) is 0 Å². The molecule has 3 aliphatic rings. The zero-order chi connectivity index (χ0) is 22.1. The molecule has 2 aromatic heterocycles. The van der Waals surface area contributed by atoms with Crippen LogP contribution in [0.25, 0.3) is 10.2 Å². The number of hydrogen-bond acceptors (Lipinski definition) is 6. The van der Waals surface area contributed by atoms with Crippen LogP contribution in [0.2, 0.25) is 0 Å². The first-order valence-corrected chi connectivity index (χ1v) is 13.5. The van der Waals surface area contributed by atoms with E-state index >= 15 is 0 Å². The lowest BCUT2D eigenvalue weighted by Crippen LogP contribution is -2.44. The van der Waals surface area contributed by atoms with Gasteiger partial charge < -0.3 is 10.2 Å². The third kappa shape index (κ3) is 4.38. The molecule has 0 unspecified atom stereocenters. The first-order valence-electron chi connectivity index (χ1n) is 12.6. The van der Waals surface area contributed by atoms with Crippen LogP contribution in [0.5, 0.6) is 0 Å². The van der Waals surface area contributed by atoms with E-state index in [0.29, 0.717) is 30.5 Å². The molecule has 174 valence electrons. The molecule has 5 rings (SSSR count). The number of rotatable bonds is 7. The Bertz CT molecular complexity index is 945.